The minimum absolute atomic E-state index is 0.764. The standard InChI is InChI=1S/C20H18O2P/c1-2-23(20-16-10-5-11-17-20,21-18-12-6-3-7-13-18)22-19-14-8-4-9-15-19/h2-17H,1H2/q+1. The zero-order chi connectivity index (χ0) is 16.0. The van der Waals surface area contributed by atoms with Crippen LogP contribution in [-0.2, 0) is 0 Å². The van der Waals surface area contributed by atoms with Crippen molar-refractivity contribution in [3.8, 4) is 11.5 Å². The van der Waals surface area contributed by atoms with Gasteiger partial charge < -0.3 is 0 Å². The van der Waals surface area contributed by atoms with Crippen molar-refractivity contribution in [3.05, 3.63) is 103 Å². The molecule has 0 aliphatic carbocycles. The lowest BCUT2D eigenvalue weighted by molar-refractivity contribution is 0.485. The fourth-order valence-electron chi connectivity index (χ4n) is 2.22. The monoisotopic (exact) mass is 321 g/mol. The molecule has 3 heteroatoms. The lowest BCUT2D eigenvalue weighted by Gasteiger charge is -2.21. The van der Waals surface area contributed by atoms with Crippen LogP contribution in [0.25, 0.3) is 0 Å². The fraction of sp³-hybridized carbons (Fsp3) is 0. The first-order valence-corrected chi connectivity index (χ1v) is 9.09. The molecule has 2 nitrogen and oxygen atoms in total. The summed E-state index contributed by atoms with van der Waals surface area (Å²) in [5.41, 5.74) is 0. The van der Waals surface area contributed by atoms with E-state index in [0.717, 1.165) is 16.8 Å². The summed E-state index contributed by atoms with van der Waals surface area (Å²) in [6.07, 6.45) is 0. The van der Waals surface area contributed by atoms with Crippen LogP contribution in [0.2, 0.25) is 0 Å². The molecule has 0 bridgehead atoms. The van der Waals surface area contributed by atoms with Gasteiger partial charge in [-0.3, -0.25) is 9.05 Å². The van der Waals surface area contributed by atoms with Crippen molar-refractivity contribution >= 4 is 13.0 Å². The third kappa shape index (κ3) is 3.61. The summed E-state index contributed by atoms with van der Waals surface area (Å²) in [7, 11) is -2.51. The molecule has 0 heterocycles. The van der Waals surface area contributed by atoms with Crippen LogP contribution in [0.1, 0.15) is 0 Å². The molecule has 0 fully saturated rings. The van der Waals surface area contributed by atoms with Crippen LogP contribution in [0.5, 0.6) is 11.5 Å². The molecular formula is C20H18O2P+. The highest BCUT2D eigenvalue weighted by Crippen LogP contribution is 2.59. The maximum Gasteiger partial charge on any atom is 0.421 e. The third-order valence-electron chi connectivity index (χ3n) is 3.32. The number of rotatable bonds is 6. The number of hydrogen-bond acceptors (Lipinski definition) is 2. The van der Waals surface area contributed by atoms with E-state index >= 15 is 0 Å². The van der Waals surface area contributed by atoms with Gasteiger partial charge in [-0.1, -0.05) is 61.2 Å². The Labute approximate surface area is 137 Å². The van der Waals surface area contributed by atoms with Crippen LogP contribution in [0.15, 0.2) is 103 Å². The van der Waals surface area contributed by atoms with Gasteiger partial charge >= 0.3 is 7.72 Å². The molecular weight excluding hydrogens is 303 g/mol. The van der Waals surface area contributed by atoms with Gasteiger partial charge in [-0.25, -0.2) is 0 Å². The highest BCUT2D eigenvalue weighted by atomic mass is 31.2. The van der Waals surface area contributed by atoms with Crippen molar-refractivity contribution in [2.75, 3.05) is 0 Å². The first kappa shape index (κ1) is 15.3. The summed E-state index contributed by atoms with van der Waals surface area (Å²) in [5, 5.41) is 0.989. The number of para-hydroxylation sites is 2. The van der Waals surface area contributed by atoms with E-state index in [1.165, 1.54) is 0 Å². The van der Waals surface area contributed by atoms with Crippen LogP contribution < -0.4 is 14.4 Å². The molecule has 3 rings (SSSR count). The first-order valence-electron chi connectivity index (χ1n) is 7.40. The van der Waals surface area contributed by atoms with Crippen LogP contribution in [-0.4, -0.2) is 0 Å². The van der Waals surface area contributed by atoms with Gasteiger partial charge in [0, 0.05) is 0 Å². The van der Waals surface area contributed by atoms with Gasteiger partial charge in [0.1, 0.15) is 5.82 Å². The Hall–Kier alpha value is -2.57. The smallest absolute Gasteiger partial charge is 0.299 e. The highest BCUT2D eigenvalue weighted by molar-refractivity contribution is 7.77. The predicted molar refractivity (Wildman–Crippen MR) is 97.3 cm³/mol. The van der Waals surface area contributed by atoms with E-state index in [2.05, 4.69) is 6.58 Å². The second-order valence-corrected chi connectivity index (χ2v) is 7.36. The molecule has 0 atom stereocenters. The number of benzene rings is 3. The average Bonchev–Trinajstić information content (AvgIpc) is 2.63. The van der Waals surface area contributed by atoms with Gasteiger partial charge in [-0.05, 0) is 36.4 Å². The summed E-state index contributed by atoms with van der Waals surface area (Å²) in [6.45, 7) is 4.00. The maximum absolute atomic E-state index is 6.31. The van der Waals surface area contributed by atoms with Gasteiger partial charge in [0.25, 0.3) is 0 Å². The normalized spacial score (nSPS) is 10.8. The molecule has 0 aliphatic rings. The summed E-state index contributed by atoms with van der Waals surface area (Å²) >= 11 is 0. The van der Waals surface area contributed by atoms with Crippen molar-refractivity contribution in [2.45, 2.75) is 0 Å². The SMILES string of the molecule is C=C[P+](Oc1ccccc1)(Oc1ccccc1)c1ccccc1. The van der Waals surface area contributed by atoms with Gasteiger partial charge in [0.05, 0.1) is 0 Å². The van der Waals surface area contributed by atoms with E-state index in [9.17, 15) is 0 Å². The molecule has 0 aliphatic heterocycles. The van der Waals surface area contributed by atoms with Crippen molar-refractivity contribution in [1.29, 1.82) is 0 Å². The van der Waals surface area contributed by atoms with Gasteiger partial charge in [0.2, 0.25) is 0 Å². The molecule has 0 radical (unpaired) electrons. The fourth-order valence-corrected chi connectivity index (χ4v) is 4.28. The first-order chi connectivity index (χ1) is 11.3. The van der Waals surface area contributed by atoms with E-state index in [1.54, 1.807) is 5.82 Å². The van der Waals surface area contributed by atoms with Crippen molar-refractivity contribution < 1.29 is 9.05 Å². The summed E-state index contributed by atoms with van der Waals surface area (Å²) in [6, 6.07) is 29.4. The second kappa shape index (κ2) is 7.13. The van der Waals surface area contributed by atoms with Gasteiger partial charge in [-0.2, -0.15) is 0 Å². The molecule has 23 heavy (non-hydrogen) atoms. The minimum Gasteiger partial charge on any atom is -0.299 e. The lowest BCUT2D eigenvalue weighted by atomic mass is 10.3. The molecule has 0 saturated carbocycles. The predicted octanol–water partition coefficient (Wildman–Crippen LogP) is 5.46. The molecule has 114 valence electrons. The molecule has 0 unspecified atom stereocenters. The second-order valence-electron chi connectivity index (χ2n) is 4.92. The van der Waals surface area contributed by atoms with Crippen molar-refractivity contribution in [3.63, 3.8) is 0 Å². The van der Waals surface area contributed by atoms with Crippen LogP contribution in [0.3, 0.4) is 0 Å². The van der Waals surface area contributed by atoms with Crippen LogP contribution >= 0.6 is 7.72 Å². The lowest BCUT2D eigenvalue weighted by Crippen LogP contribution is -2.19. The van der Waals surface area contributed by atoms with E-state index in [1.807, 2.05) is 91.0 Å². The van der Waals surface area contributed by atoms with E-state index in [4.69, 9.17) is 9.05 Å². The van der Waals surface area contributed by atoms with E-state index in [0.29, 0.717) is 0 Å². The Bertz CT molecular complexity index is 701. The Balaban J connectivity index is 2.02. The van der Waals surface area contributed by atoms with Crippen molar-refractivity contribution in [1.82, 2.24) is 0 Å². The zero-order valence-electron chi connectivity index (χ0n) is 12.7. The summed E-state index contributed by atoms with van der Waals surface area (Å²) in [5.74, 6) is 3.32. The maximum atomic E-state index is 6.31. The largest absolute Gasteiger partial charge is 0.421 e. The molecule has 0 aromatic heterocycles. The van der Waals surface area contributed by atoms with E-state index < -0.39 is 7.72 Å². The van der Waals surface area contributed by atoms with E-state index in [-0.39, 0.29) is 0 Å². The van der Waals surface area contributed by atoms with Gasteiger partial charge in [-0.15, -0.1) is 0 Å². The average molecular weight is 321 g/mol. The topological polar surface area (TPSA) is 18.5 Å². The molecule has 0 amide bonds. The summed E-state index contributed by atoms with van der Waals surface area (Å²) in [4.78, 5) is 0. The van der Waals surface area contributed by atoms with Crippen LogP contribution in [0, 0.1) is 0 Å². The number of hydrogen-bond donors (Lipinski definition) is 0. The quantitative estimate of drug-likeness (QED) is 0.561. The molecule has 3 aromatic rings. The van der Waals surface area contributed by atoms with Crippen LogP contribution in [0.4, 0.5) is 0 Å². The molecule has 0 spiro atoms. The molecule has 0 saturated heterocycles. The Morgan fingerprint density at radius 2 is 1.00 bits per heavy atom. The molecule has 3 aromatic carbocycles. The van der Waals surface area contributed by atoms with Gasteiger partial charge in [0.15, 0.2) is 16.8 Å². The Morgan fingerprint density at radius 1 is 0.609 bits per heavy atom. The third-order valence-corrected chi connectivity index (χ3v) is 5.79. The zero-order valence-corrected chi connectivity index (χ0v) is 13.6. The van der Waals surface area contributed by atoms with Crippen molar-refractivity contribution in [2.24, 2.45) is 0 Å². The summed E-state index contributed by atoms with van der Waals surface area (Å²) < 4.78 is 12.6. The minimum atomic E-state index is -2.51. The highest BCUT2D eigenvalue weighted by Gasteiger charge is 2.45. The molecule has 0 N–H and O–H groups in total. The Morgan fingerprint density at radius 3 is 1.39 bits per heavy atom. The Kier molecular flexibility index (Phi) is 4.75.